The Labute approximate surface area is 296 Å². The van der Waals surface area contributed by atoms with E-state index in [0.29, 0.717) is 47.3 Å². The van der Waals surface area contributed by atoms with Crippen LogP contribution in [-0.2, 0) is 15.8 Å². The number of nitrogens with one attached hydrogen (secondary N) is 1. The van der Waals surface area contributed by atoms with Crippen LogP contribution in [0.15, 0.2) is 78.1 Å². The zero-order chi connectivity index (χ0) is 38.7. The van der Waals surface area contributed by atoms with Crippen LogP contribution in [0.5, 0.6) is 0 Å². The minimum atomic E-state index is -5.08. The van der Waals surface area contributed by atoms with Crippen LogP contribution >= 0.6 is 0 Å². The molecular weight excluding hydrogens is 710 g/mol. The Bertz CT molecular complexity index is 2280. The first-order valence-corrected chi connectivity index (χ1v) is 15.8. The van der Waals surface area contributed by atoms with Crippen molar-refractivity contribution < 1.29 is 41.0 Å². The number of carboxylic acids is 1. The average molecular weight is 739 g/mol. The zero-order valence-electron chi connectivity index (χ0n) is 27.8. The lowest BCUT2D eigenvalue weighted by molar-refractivity contribution is -0.192. The Kier molecular flexibility index (Phi) is 10.8. The van der Waals surface area contributed by atoms with E-state index in [0.717, 1.165) is 22.0 Å². The number of nitriles is 1. The maximum Gasteiger partial charge on any atom is 0.490 e. The van der Waals surface area contributed by atoms with Gasteiger partial charge in [0, 0.05) is 35.0 Å². The number of halogens is 6. The predicted octanol–water partition coefficient (Wildman–Crippen LogP) is 6.73. The number of aliphatic carboxylic acids is 1. The van der Waals surface area contributed by atoms with E-state index in [-0.39, 0.29) is 28.8 Å². The lowest BCUT2D eigenvalue weighted by Crippen LogP contribution is -2.27. The number of rotatable bonds is 3. The predicted molar refractivity (Wildman–Crippen MR) is 176 cm³/mol. The van der Waals surface area contributed by atoms with Gasteiger partial charge < -0.3 is 10.4 Å². The van der Waals surface area contributed by atoms with Crippen molar-refractivity contribution in [2.45, 2.75) is 51.5 Å². The number of hydrogen-bond acceptors (Lipinski definition) is 8. The van der Waals surface area contributed by atoms with Crippen LogP contribution < -0.4 is 10.9 Å². The number of aromatic nitrogens is 6. The molecule has 2 N–H and O–H groups in total. The molecule has 6 rings (SSSR count). The van der Waals surface area contributed by atoms with Crippen molar-refractivity contribution in [1.29, 1.82) is 5.26 Å². The maximum absolute atomic E-state index is 13.8. The topological polar surface area (TPSA) is 169 Å². The van der Waals surface area contributed by atoms with Crippen molar-refractivity contribution in [3.63, 3.8) is 0 Å². The molecule has 2 bridgehead atoms. The van der Waals surface area contributed by atoms with Crippen molar-refractivity contribution in [1.82, 2.24) is 29.5 Å². The number of aryl methyl sites for hydroxylation is 1. The van der Waals surface area contributed by atoms with Gasteiger partial charge in [0.2, 0.25) is 5.91 Å². The van der Waals surface area contributed by atoms with Gasteiger partial charge >= 0.3 is 18.3 Å². The molecule has 53 heavy (non-hydrogen) atoms. The average Bonchev–Trinajstić information content (AvgIpc) is 3.61. The molecule has 1 aliphatic heterocycles. The zero-order valence-corrected chi connectivity index (χ0v) is 27.8. The van der Waals surface area contributed by atoms with Crippen molar-refractivity contribution in [3.8, 4) is 34.1 Å². The number of carbonyl (C=O) groups excluding carboxylic acids is 1. The quantitative estimate of drug-likeness (QED) is 0.191. The highest BCUT2D eigenvalue weighted by Gasteiger charge is 2.38. The van der Waals surface area contributed by atoms with E-state index in [2.05, 4.69) is 31.7 Å². The summed E-state index contributed by atoms with van der Waals surface area (Å²) in [7, 11) is 0. The van der Waals surface area contributed by atoms with Gasteiger partial charge in [-0.25, -0.2) is 14.5 Å². The van der Waals surface area contributed by atoms with Gasteiger partial charge in [0.05, 0.1) is 47.3 Å². The number of benzene rings is 2. The summed E-state index contributed by atoms with van der Waals surface area (Å²) >= 11 is 0. The van der Waals surface area contributed by atoms with Crippen LogP contribution in [-0.4, -0.2) is 52.7 Å². The molecule has 5 aromatic rings. The lowest BCUT2D eigenvalue weighted by atomic mass is 9.95. The third kappa shape index (κ3) is 8.75. The summed E-state index contributed by atoms with van der Waals surface area (Å²) < 4.78 is 73.9. The number of carbonyl (C=O) groups is 2. The minimum absolute atomic E-state index is 0.172. The highest BCUT2D eigenvalue weighted by atomic mass is 19.4. The van der Waals surface area contributed by atoms with Crippen LogP contribution in [0.1, 0.15) is 54.7 Å². The number of hydrogen-bond donors (Lipinski definition) is 2. The molecule has 12 nitrogen and oxygen atoms in total. The molecule has 0 spiro atoms. The fraction of sp³-hybridized carbons (Fsp3) is 0.257. The van der Waals surface area contributed by atoms with Crippen molar-refractivity contribution in [2.75, 3.05) is 5.32 Å². The molecule has 0 saturated heterocycles. The van der Waals surface area contributed by atoms with Crippen LogP contribution in [0.4, 0.5) is 32.0 Å². The first kappa shape index (κ1) is 37.9. The number of anilines is 1. The summed E-state index contributed by atoms with van der Waals surface area (Å²) in [5.41, 5.74) is 3.21. The molecule has 0 unspecified atom stereocenters. The summed E-state index contributed by atoms with van der Waals surface area (Å²) in [5, 5.41) is 26.5. The van der Waals surface area contributed by atoms with Gasteiger partial charge in [0.25, 0.3) is 5.56 Å². The van der Waals surface area contributed by atoms with E-state index >= 15 is 0 Å². The second-order valence-electron chi connectivity index (χ2n) is 12.1. The van der Waals surface area contributed by atoms with Gasteiger partial charge in [0.15, 0.2) is 5.69 Å². The largest absolute Gasteiger partial charge is 0.490 e. The van der Waals surface area contributed by atoms with Gasteiger partial charge in [-0.15, -0.1) is 5.10 Å². The summed E-state index contributed by atoms with van der Waals surface area (Å²) in [5.74, 6) is -3.27. The molecule has 18 heteroatoms. The molecule has 1 amide bonds. The molecule has 0 aliphatic carbocycles. The lowest BCUT2D eigenvalue weighted by Gasteiger charge is -2.23. The van der Waals surface area contributed by atoms with Crippen molar-refractivity contribution >= 4 is 17.6 Å². The number of alkyl halides is 6. The molecule has 0 radical (unpaired) electrons. The van der Waals surface area contributed by atoms with Gasteiger partial charge in [-0.05, 0) is 61.7 Å². The molecule has 0 saturated carbocycles. The second-order valence-corrected chi connectivity index (χ2v) is 12.1. The maximum atomic E-state index is 13.8. The van der Waals surface area contributed by atoms with E-state index in [1.165, 1.54) is 17.0 Å². The van der Waals surface area contributed by atoms with Crippen molar-refractivity contribution in [3.05, 3.63) is 106 Å². The third-order valence-electron chi connectivity index (χ3n) is 8.28. The summed E-state index contributed by atoms with van der Waals surface area (Å²) in [6, 6.07) is 16.7. The van der Waals surface area contributed by atoms with Gasteiger partial charge in [-0.3, -0.25) is 19.1 Å². The molecule has 0 fully saturated rings. The molecule has 1 aliphatic rings. The number of amides is 1. The van der Waals surface area contributed by atoms with Crippen LogP contribution in [0.2, 0.25) is 0 Å². The summed E-state index contributed by atoms with van der Waals surface area (Å²) in [6.07, 6.45) is -4.27. The van der Waals surface area contributed by atoms with E-state index in [1.807, 2.05) is 19.9 Å². The highest BCUT2D eigenvalue weighted by Crippen LogP contribution is 2.34. The Hall–Kier alpha value is -6.38. The van der Waals surface area contributed by atoms with Gasteiger partial charge in [-0.2, -0.15) is 31.6 Å². The van der Waals surface area contributed by atoms with Crippen LogP contribution in [0.25, 0.3) is 28.1 Å². The monoisotopic (exact) mass is 738 g/mol. The Morgan fingerprint density at radius 2 is 1.72 bits per heavy atom. The first-order valence-electron chi connectivity index (χ1n) is 15.8. The molecule has 2 aromatic carbocycles. The molecule has 2 atom stereocenters. The molecule has 4 heterocycles. The summed E-state index contributed by atoms with van der Waals surface area (Å²) in [4.78, 5) is 44.9. The molecular formula is C35H28F6N8O4. The highest BCUT2D eigenvalue weighted by molar-refractivity contribution is 5.97. The third-order valence-corrected chi connectivity index (χ3v) is 8.28. The molecule has 274 valence electrons. The molecule has 3 aromatic heterocycles. The smallest absolute Gasteiger partial charge is 0.475 e. The fourth-order valence-electron chi connectivity index (χ4n) is 5.56. The van der Waals surface area contributed by atoms with Crippen molar-refractivity contribution in [2.24, 2.45) is 5.92 Å². The SMILES string of the molecule is Cc1ccc(-n2cc(C(F)(F)F)nn2)c(-c2cc(=O)n([C@H]3CCC[C@@H](C)C(=O)Nc4cc(C#N)ccc4-c4ccnc3c4)cn2)c1.O=C(O)C(F)(F)F. The van der Waals surface area contributed by atoms with Crippen LogP contribution in [0, 0.1) is 24.2 Å². The van der Waals surface area contributed by atoms with Gasteiger partial charge in [-0.1, -0.05) is 36.3 Å². The normalized spacial score (nSPS) is 16.1. The van der Waals surface area contributed by atoms with E-state index in [4.69, 9.17) is 9.90 Å². The fourth-order valence-corrected chi connectivity index (χ4v) is 5.56. The number of pyridine rings is 1. The van der Waals surface area contributed by atoms with E-state index < -0.39 is 30.1 Å². The minimum Gasteiger partial charge on any atom is -0.475 e. The van der Waals surface area contributed by atoms with E-state index in [9.17, 15) is 41.2 Å². The van der Waals surface area contributed by atoms with Crippen LogP contribution in [0.3, 0.4) is 0 Å². The number of carboxylic acid groups (broad SMARTS) is 1. The number of nitrogens with zero attached hydrogens (tertiary/aromatic N) is 7. The van der Waals surface area contributed by atoms with E-state index in [1.54, 1.807) is 48.7 Å². The van der Waals surface area contributed by atoms with Gasteiger partial charge in [0.1, 0.15) is 0 Å². The Balaban J connectivity index is 0.000000705. The first-order chi connectivity index (χ1) is 25.0. The standard InChI is InChI=1S/C33H27F3N8O2.C2HF3O2/c1-19-6-9-28(44-17-30(41-42-44)33(34,35)36)24(12-19)25-15-31(45)43(18-39-25)29-5-3-4-20(2)32(46)40-26-13-21(16-37)7-8-23(26)22-10-11-38-27(29)14-22;3-2(4,5)1(6)7/h6-15,17-18,20,29H,3-5H2,1-2H3,(H,40,46);(H,6,7)/t20-,29+;/m1./s1. The number of fused-ring (bicyclic) bond motifs is 4. The summed E-state index contributed by atoms with van der Waals surface area (Å²) in [6.45, 7) is 3.65. The Morgan fingerprint density at radius 3 is 2.36 bits per heavy atom. The Morgan fingerprint density at radius 1 is 0.981 bits per heavy atom. The second kappa shape index (κ2) is 15.1.